The molecule has 0 saturated carbocycles. The molecule has 1 aliphatic rings. The van der Waals surface area contributed by atoms with Crippen LogP contribution in [0.1, 0.15) is 27.2 Å². The van der Waals surface area contributed by atoms with Gasteiger partial charge in [-0.25, -0.2) is 0 Å². The van der Waals surface area contributed by atoms with Gasteiger partial charge in [0.2, 0.25) is 5.91 Å². The Morgan fingerprint density at radius 1 is 1.36 bits per heavy atom. The summed E-state index contributed by atoms with van der Waals surface area (Å²) in [5, 5.41) is 3.21. The molecule has 1 fully saturated rings. The molecule has 1 N–H and O–H groups in total. The van der Waals surface area contributed by atoms with Crippen LogP contribution in [0, 0.1) is 0 Å². The Morgan fingerprint density at radius 2 is 2.00 bits per heavy atom. The molecule has 0 aliphatic carbocycles. The molecule has 0 radical (unpaired) electrons. The Bertz CT molecular complexity index is 254. The average Bonchev–Trinajstić information content (AvgIpc) is 2.63. The fraction of sp³-hybridized carbons (Fsp3) is 0.727. The first-order chi connectivity index (χ1) is 6.56. The van der Waals surface area contributed by atoms with Crippen LogP contribution in [-0.2, 0) is 4.79 Å². The first-order valence-electron chi connectivity index (χ1n) is 5.17. The molecule has 3 heteroatoms. The molecule has 1 heterocycles. The summed E-state index contributed by atoms with van der Waals surface area (Å²) >= 11 is 0. The topological polar surface area (TPSA) is 32.3 Å². The van der Waals surface area contributed by atoms with Gasteiger partial charge < -0.3 is 10.2 Å². The number of carbonyl (C=O) groups is 1. The Balaban J connectivity index is 2.60. The molecule has 1 saturated heterocycles. The Hall–Kier alpha value is -0.830. The molecule has 1 atom stereocenters. The van der Waals surface area contributed by atoms with Crippen molar-refractivity contribution in [2.24, 2.45) is 0 Å². The summed E-state index contributed by atoms with van der Waals surface area (Å²) in [6, 6.07) is 0.476. The van der Waals surface area contributed by atoms with Gasteiger partial charge in [-0.1, -0.05) is 5.57 Å². The van der Waals surface area contributed by atoms with Gasteiger partial charge in [0.25, 0.3) is 0 Å². The first kappa shape index (κ1) is 11.2. The van der Waals surface area contributed by atoms with Crippen molar-refractivity contribution < 1.29 is 4.79 Å². The van der Waals surface area contributed by atoms with Crippen molar-refractivity contribution in [1.82, 2.24) is 10.2 Å². The molecule has 1 amide bonds. The van der Waals surface area contributed by atoms with Gasteiger partial charge in [-0.05, 0) is 34.2 Å². The number of nitrogens with one attached hydrogen (secondary N) is 1. The first-order valence-corrected chi connectivity index (χ1v) is 5.17. The minimum absolute atomic E-state index is 0.197. The normalized spacial score (nSPS) is 21.1. The highest BCUT2D eigenvalue weighted by atomic mass is 16.2. The van der Waals surface area contributed by atoms with E-state index >= 15 is 0 Å². The number of rotatable bonds is 2. The lowest BCUT2D eigenvalue weighted by atomic mass is 10.1. The highest BCUT2D eigenvalue weighted by Crippen LogP contribution is 2.14. The molecule has 0 spiro atoms. The fourth-order valence-electron chi connectivity index (χ4n) is 1.63. The molecule has 1 unspecified atom stereocenters. The second-order valence-electron chi connectivity index (χ2n) is 4.15. The third kappa shape index (κ3) is 2.35. The second-order valence-corrected chi connectivity index (χ2v) is 4.15. The monoisotopic (exact) mass is 196 g/mol. The summed E-state index contributed by atoms with van der Waals surface area (Å²) < 4.78 is 0. The highest BCUT2D eigenvalue weighted by Gasteiger charge is 2.25. The van der Waals surface area contributed by atoms with Gasteiger partial charge in [0.15, 0.2) is 0 Å². The van der Waals surface area contributed by atoms with Crippen molar-refractivity contribution in [1.29, 1.82) is 0 Å². The number of amides is 1. The summed E-state index contributed by atoms with van der Waals surface area (Å²) in [4.78, 5) is 13.8. The number of likely N-dealkylation sites (N-methyl/N-ethyl adjacent to an activating group) is 1. The van der Waals surface area contributed by atoms with E-state index in [9.17, 15) is 4.79 Å². The molecule has 0 aromatic rings. The molecule has 0 aromatic heterocycles. The van der Waals surface area contributed by atoms with E-state index in [4.69, 9.17) is 0 Å². The molecule has 0 bridgehead atoms. The number of allylic oxidation sites excluding steroid dienone is 1. The largest absolute Gasteiger partial charge is 0.337 e. The lowest BCUT2D eigenvalue weighted by molar-refractivity contribution is -0.126. The standard InChI is InChI=1S/C11H20N2O/c1-8(2)9(3)11(14)13-6-5-10(7-13)12-4/h10,12H,5-7H2,1-4H3. The molecule has 80 valence electrons. The van der Waals surface area contributed by atoms with Gasteiger partial charge in [0.05, 0.1) is 0 Å². The van der Waals surface area contributed by atoms with Crippen molar-refractivity contribution in [2.45, 2.75) is 33.2 Å². The van der Waals surface area contributed by atoms with E-state index in [-0.39, 0.29) is 5.91 Å². The van der Waals surface area contributed by atoms with Gasteiger partial charge in [-0.2, -0.15) is 0 Å². The van der Waals surface area contributed by atoms with Gasteiger partial charge in [0.1, 0.15) is 0 Å². The van der Waals surface area contributed by atoms with E-state index in [1.165, 1.54) is 0 Å². The quantitative estimate of drug-likeness (QED) is 0.672. The van der Waals surface area contributed by atoms with E-state index in [1.54, 1.807) is 0 Å². The third-order valence-electron chi connectivity index (χ3n) is 2.95. The van der Waals surface area contributed by atoms with Crippen LogP contribution in [0.15, 0.2) is 11.1 Å². The predicted molar refractivity (Wildman–Crippen MR) is 58.1 cm³/mol. The van der Waals surface area contributed by atoms with Gasteiger partial charge in [-0.3, -0.25) is 4.79 Å². The van der Waals surface area contributed by atoms with Crippen molar-refractivity contribution in [3.63, 3.8) is 0 Å². The van der Waals surface area contributed by atoms with Crippen LogP contribution < -0.4 is 5.32 Å². The number of likely N-dealkylation sites (tertiary alicyclic amines) is 1. The maximum absolute atomic E-state index is 11.9. The van der Waals surface area contributed by atoms with E-state index in [0.29, 0.717) is 6.04 Å². The second kappa shape index (κ2) is 4.60. The van der Waals surface area contributed by atoms with Gasteiger partial charge in [0, 0.05) is 24.7 Å². The Labute approximate surface area is 86.2 Å². The zero-order chi connectivity index (χ0) is 10.7. The van der Waals surface area contributed by atoms with E-state index in [2.05, 4.69) is 5.32 Å². The van der Waals surface area contributed by atoms with Crippen LogP contribution >= 0.6 is 0 Å². The summed E-state index contributed by atoms with van der Waals surface area (Å²) in [6.07, 6.45) is 1.07. The van der Waals surface area contributed by atoms with Crippen LogP contribution in [-0.4, -0.2) is 37.0 Å². The highest BCUT2D eigenvalue weighted by molar-refractivity contribution is 5.93. The predicted octanol–water partition coefficient (Wildman–Crippen LogP) is 1.16. The summed E-state index contributed by atoms with van der Waals surface area (Å²) in [7, 11) is 1.95. The zero-order valence-electron chi connectivity index (χ0n) is 9.55. The Morgan fingerprint density at radius 3 is 2.43 bits per heavy atom. The van der Waals surface area contributed by atoms with Crippen LogP contribution in [0.4, 0.5) is 0 Å². The van der Waals surface area contributed by atoms with Crippen molar-refractivity contribution in [2.75, 3.05) is 20.1 Å². The molecular weight excluding hydrogens is 176 g/mol. The van der Waals surface area contributed by atoms with Crippen LogP contribution in [0.3, 0.4) is 0 Å². The van der Waals surface area contributed by atoms with Crippen LogP contribution in [0.2, 0.25) is 0 Å². The lowest BCUT2D eigenvalue weighted by Gasteiger charge is -2.17. The van der Waals surface area contributed by atoms with E-state index < -0.39 is 0 Å². The molecule has 14 heavy (non-hydrogen) atoms. The van der Waals surface area contributed by atoms with Gasteiger partial charge >= 0.3 is 0 Å². The number of hydrogen-bond acceptors (Lipinski definition) is 2. The van der Waals surface area contributed by atoms with Crippen molar-refractivity contribution in [3.05, 3.63) is 11.1 Å². The van der Waals surface area contributed by atoms with Crippen molar-refractivity contribution >= 4 is 5.91 Å². The average molecular weight is 196 g/mol. The zero-order valence-corrected chi connectivity index (χ0v) is 9.55. The number of nitrogens with zero attached hydrogens (tertiary/aromatic N) is 1. The molecule has 1 rings (SSSR count). The lowest BCUT2D eigenvalue weighted by Crippen LogP contribution is -2.34. The van der Waals surface area contributed by atoms with E-state index in [1.807, 2.05) is 32.7 Å². The fourth-order valence-corrected chi connectivity index (χ4v) is 1.63. The SMILES string of the molecule is CNC1CCN(C(=O)C(C)=C(C)C)C1. The van der Waals surface area contributed by atoms with Crippen LogP contribution in [0.25, 0.3) is 0 Å². The maximum Gasteiger partial charge on any atom is 0.249 e. The Kier molecular flexibility index (Phi) is 3.69. The van der Waals surface area contributed by atoms with Gasteiger partial charge in [-0.15, -0.1) is 0 Å². The molecule has 3 nitrogen and oxygen atoms in total. The molecule has 1 aliphatic heterocycles. The molecule has 0 aromatic carbocycles. The van der Waals surface area contributed by atoms with Crippen molar-refractivity contribution in [3.8, 4) is 0 Å². The number of carbonyl (C=O) groups excluding carboxylic acids is 1. The van der Waals surface area contributed by atoms with E-state index in [0.717, 1.165) is 30.7 Å². The summed E-state index contributed by atoms with van der Waals surface area (Å²) in [5.41, 5.74) is 2.00. The minimum atomic E-state index is 0.197. The summed E-state index contributed by atoms with van der Waals surface area (Å²) in [5.74, 6) is 0.197. The molecular formula is C11H20N2O. The summed E-state index contributed by atoms with van der Waals surface area (Å²) in [6.45, 7) is 7.61. The number of hydrogen-bond donors (Lipinski definition) is 1. The smallest absolute Gasteiger partial charge is 0.249 e. The van der Waals surface area contributed by atoms with Crippen LogP contribution in [0.5, 0.6) is 0 Å². The minimum Gasteiger partial charge on any atom is -0.337 e. The third-order valence-corrected chi connectivity index (χ3v) is 2.95. The maximum atomic E-state index is 11.9.